The van der Waals surface area contributed by atoms with Crippen molar-refractivity contribution in [3.8, 4) is 5.75 Å². The van der Waals surface area contributed by atoms with Crippen molar-refractivity contribution in [2.75, 3.05) is 0 Å². The molecule has 0 saturated carbocycles. The molecule has 5 heteroatoms. The lowest BCUT2D eigenvalue weighted by Gasteiger charge is -2.18. The summed E-state index contributed by atoms with van der Waals surface area (Å²) in [4.78, 5) is 49.9. The van der Waals surface area contributed by atoms with Crippen molar-refractivity contribution in [1.29, 1.82) is 0 Å². The molecule has 0 aliphatic heterocycles. The first kappa shape index (κ1) is 26.2. The molecule has 2 aromatic rings. The van der Waals surface area contributed by atoms with E-state index in [2.05, 4.69) is 6.92 Å². The Morgan fingerprint density at radius 1 is 0.909 bits per heavy atom. The van der Waals surface area contributed by atoms with Gasteiger partial charge in [-0.05, 0) is 30.0 Å². The van der Waals surface area contributed by atoms with E-state index in [1.54, 1.807) is 24.5 Å². The molecule has 0 saturated heterocycles. The van der Waals surface area contributed by atoms with Gasteiger partial charge in [-0.1, -0.05) is 77.6 Å². The third-order valence-corrected chi connectivity index (χ3v) is 5.23. The molecular weight excluding hydrogens is 416 g/mol. The van der Waals surface area contributed by atoms with Crippen molar-refractivity contribution in [1.82, 2.24) is 0 Å². The summed E-state index contributed by atoms with van der Waals surface area (Å²) in [6, 6.07) is 10.8. The van der Waals surface area contributed by atoms with Crippen LogP contribution >= 0.6 is 0 Å². The standard InChI is InChI=1S/C28H33O5/c1-5-6-7-8-9-14-24(30)20-15-16-25(33-26(31)18-28(2,3)4)23(17-20)27(32)22-13-11-10-12-21(22)19-29/h10-13,15-17H,5-9,14,18H2,1-4H3. The molecule has 0 atom stereocenters. The quantitative estimate of drug-likeness (QED) is 0.165. The zero-order chi connectivity index (χ0) is 24.4. The Morgan fingerprint density at radius 2 is 1.61 bits per heavy atom. The van der Waals surface area contributed by atoms with Gasteiger partial charge in [0.1, 0.15) is 5.75 Å². The Labute approximate surface area is 196 Å². The fourth-order valence-electron chi connectivity index (χ4n) is 3.51. The second-order valence-electron chi connectivity index (χ2n) is 9.49. The number of ketones is 2. The lowest BCUT2D eigenvalue weighted by atomic mass is 9.92. The third-order valence-electron chi connectivity index (χ3n) is 5.23. The second-order valence-corrected chi connectivity index (χ2v) is 9.49. The average molecular weight is 450 g/mol. The summed E-state index contributed by atoms with van der Waals surface area (Å²) in [5.74, 6) is -0.954. The van der Waals surface area contributed by atoms with Crippen molar-refractivity contribution < 1.29 is 23.9 Å². The van der Waals surface area contributed by atoms with E-state index in [0.29, 0.717) is 12.0 Å². The topological polar surface area (TPSA) is 77.5 Å². The first-order chi connectivity index (χ1) is 15.7. The van der Waals surface area contributed by atoms with E-state index >= 15 is 0 Å². The number of carbonyl (C=O) groups is 3. The van der Waals surface area contributed by atoms with Gasteiger partial charge in [-0.3, -0.25) is 19.2 Å². The van der Waals surface area contributed by atoms with Crippen LogP contribution in [0.25, 0.3) is 0 Å². The van der Waals surface area contributed by atoms with E-state index < -0.39 is 11.8 Å². The molecular formula is C28H33O5. The Kier molecular flexibility index (Phi) is 9.71. The lowest BCUT2D eigenvalue weighted by molar-refractivity contribution is -0.136. The Balaban J connectivity index is 2.35. The minimum Gasteiger partial charge on any atom is -0.426 e. The number of carbonyl (C=O) groups excluding carboxylic acids is 4. The highest BCUT2D eigenvalue weighted by Crippen LogP contribution is 2.27. The molecule has 0 aromatic heterocycles. The second kappa shape index (κ2) is 12.2. The molecule has 0 aliphatic carbocycles. The first-order valence-electron chi connectivity index (χ1n) is 11.6. The summed E-state index contributed by atoms with van der Waals surface area (Å²) in [5, 5.41) is 0. The first-order valence-corrected chi connectivity index (χ1v) is 11.6. The molecule has 2 aromatic carbocycles. The van der Waals surface area contributed by atoms with Gasteiger partial charge in [0.2, 0.25) is 6.29 Å². The number of unbranched alkanes of at least 4 members (excludes halogenated alkanes) is 4. The van der Waals surface area contributed by atoms with Gasteiger partial charge in [-0.15, -0.1) is 0 Å². The molecule has 0 N–H and O–H groups in total. The van der Waals surface area contributed by atoms with Crippen molar-refractivity contribution in [3.63, 3.8) is 0 Å². The molecule has 0 heterocycles. The summed E-state index contributed by atoms with van der Waals surface area (Å²) in [7, 11) is 0. The van der Waals surface area contributed by atoms with Gasteiger partial charge in [0.05, 0.1) is 12.0 Å². The normalized spacial score (nSPS) is 11.2. The van der Waals surface area contributed by atoms with Crippen molar-refractivity contribution in [3.05, 3.63) is 64.7 Å². The predicted molar refractivity (Wildman–Crippen MR) is 129 cm³/mol. The molecule has 1 radical (unpaired) electrons. The van der Waals surface area contributed by atoms with Crippen LogP contribution in [0.1, 0.15) is 104 Å². The van der Waals surface area contributed by atoms with Gasteiger partial charge < -0.3 is 4.74 Å². The molecule has 175 valence electrons. The Bertz CT molecular complexity index is 998. The largest absolute Gasteiger partial charge is 0.426 e. The number of rotatable bonds is 12. The monoisotopic (exact) mass is 449 g/mol. The maximum Gasteiger partial charge on any atom is 0.311 e. The summed E-state index contributed by atoms with van der Waals surface area (Å²) in [6.07, 6.45) is 7.47. The number of esters is 1. The number of hydrogen-bond donors (Lipinski definition) is 0. The van der Waals surface area contributed by atoms with E-state index in [0.717, 1.165) is 32.1 Å². The number of Topliss-reactive ketones (excluding diaryl/α,β-unsaturated/α-hetero) is 1. The highest BCUT2D eigenvalue weighted by atomic mass is 16.5. The van der Waals surface area contributed by atoms with Gasteiger partial charge in [-0.2, -0.15) is 0 Å². The highest BCUT2D eigenvalue weighted by molar-refractivity contribution is 6.15. The van der Waals surface area contributed by atoms with Crippen molar-refractivity contribution in [2.24, 2.45) is 5.41 Å². The van der Waals surface area contributed by atoms with E-state index in [4.69, 9.17) is 4.74 Å². The number of benzene rings is 2. The van der Waals surface area contributed by atoms with Crippen LogP contribution in [0.4, 0.5) is 0 Å². The van der Waals surface area contributed by atoms with Crippen LogP contribution in [0.2, 0.25) is 0 Å². The van der Waals surface area contributed by atoms with E-state index in [1.165, 1.54) is 24.3 Å². The maximum absolute atomic E-state index is 13.3. The molecule has 0 amide bonds. The molecule has 0 bridgehead atoms. The zero-order valence-corrected chi connectivity index (χ0v) is 20.0. The van der Waals surface area contributed by atoms with Crippen molar-refractivity contribution >= 4 is 23.8 Å². The van der Waals surface area contributed by atoms with Crippen LogP contribution < -0.4 is 4.74 Å². The SMILES string of the molecule is CCCCCCCC(=O)c1ccc(OC(=O)CC(C)(C)C)c(C(=O)c2ccccc2[C]=O)c1. The van der Waals surface area contributed by atoms with Crippen LogP contribution in [0.5, 0.6) is 5.75 Å². The fraction of sp³-hybridized carbons (Fsp3) is 0.429. The predicted octanol–water partition coefficient (Wildman–Crippen LogP) is 6.26. The highest BCUT2D eigenvalue weighted by Gasteiger charge is 2.23. The van der Waals surface area contributed by atoms with Crippen LogP contribution in [0.15, 0.2) is 42.5 Å². The average Bonchev–Trinajstić information content (AvgIpc) is 2.77. The molecule has 2 rings (SSSR count). The van der Waals surface area contributed by atoms with E-state index in [1.807, 2.05) is 20.8 Å². The molecule has 0 unspecified atom stereocenters. The number of ether oxygens (including phenoxy) is 1. The van der Waals surface area contributed by atoms with Gasteiger partial charge in [0.15, 0.2) is 11.6 Å². The summed E-state index contributed by atoms with van der Waals surface area (Å²) < 4.78 is 5.53. The lowest BCUT2D eigenvalue weighted by Crippen LogP contribution is -2.19. The van der Waals surface area contributed by atoms with Crippen molar-refractivity contribution in [2.45, 2.75) is 72.6 Å². The molecule has 33 heavy (non-hydrogen) atoms. The van der Waals surface area contributed by atoms with Crippen LogP contribution in [-0.2, 0) is 9.59 Å². The summed E-state index contributed by atoms with van der Waals surface area (Å²) in [6.45, 7) is 7.89. The zero-order valence-electron chi connectivity index (χ0n) is 20.0. The van der Waals surface area contributed by atoms with E-state index in [9.17, 15) is 19.2 Å². The molecule has 0 aliphatic rings. The molecule has 0 fully saturated rings. The van der Waals surface area contributed by atoms with Crippen LogP contribution in [0.3, 0.4) is 0 Å². The smallest absolute Gasteiger partial charge is 0.311 e. The summed E-state index contributed by atoms with van der Waals surface area (Å²) >= 11 is 0. The molecule has 5 nitrogen and oxygen atoms in total. The number of hydrogen-bond acceptors (Lipinski definition) is 5. The van der Waals surface area contributed by atoms with Gasteiger partial charge >= 0.3 is 5.97 Å². The Morgan fingerprint density at radius 3 is 2.27 bits per heavy atom. The van der Waals surface area contributed by atoms with Gasteiger partial charge in [-0.25, -0.2) is 0 Å². The van der Waals surface area contributed by atoms with E-state index in [-0.39, 0.29) is 40.1 Å². The minimum absolute atomic E-state index is 0.0663. The van der Waals surface area contributed by atoms with Crippen LogP contribution in [0, 0.1) is 5.41 Å². The van der Waals surface area contributed by atoms with Crippen LogP contribution in [-0.4, -0.2) is 23.8 Å². The van der Waals surface area contributed by atoms with Gasteiger partial charge in [0.25, 0.3) is 0 Å². The molecule has 0 spiro atoms. The third kappa shape index (κ3) is 8.08. The Hall–Kier alpha value is -3.08. The maximum atomic E-state index is 13.3. The summed E-state index contributed by atoms with van der Waals surface area (Å²) in [5.41, 5.74) is 0.439. The minimum atomic E-state index is -0.495. The van der Waals surface area contributed by atoms with Gasteiger partial charge in [0, 0.05) is 23.1 Å². The fourth-order valence-corrected chi connectivity index (χ4v) is 3.51.